The van der Waals surface area contributed by atoms with Gasteiger partial charge in [-0.3, -0.25) is 0 Å². The largest absolute Gasteiger partial charge is 0.448 e. The van der Waals surface area contributed by atoms with Crippen LogP contribution in [0.2, 0.25) is 5.22 Å². The number of furan rings is 1. The number of terminal acetylenes is 1. The maximum atomic E-state index is 5.62. The van der Waals surface area contributed by atoms with Crippen molar-refractivity contribution in [2.75, 3.05) is 0 Å². The summed E-state index contributed by atoms with van der Waals surface area (Å²) in [5.41, 5.74) is 5.62. The van der Waals surface area contributed by atoms with E-state index in [0.717, 1.165) is 0 Å². The van der Waals surface area contributed by atoms with Gasteiger partial charge in [-0.1, -0.05) is 0 Å². The van der Waals surface area contributed by atoms with Gasteiger partial charge in [-0.15, -0.1) is 12.3 Å². The first-order chi connectivity index (χ1) is 5.24. The first-order valence-electron chi connectivity index (χ1n) is 3.18. The van der Waals surface area contributed by atoms with Crippen LogP contribution in [0.3, 0.4) is 0 Å². The molecule has 0 aliphatic heterocycles. The number of nitrogens with two attached hydrogens (primary N) is 1. The van der Waals surface area contributed by atoms with Crippen molar-refractivity contribution in [2.24, 2.45) is 5.73 Å². The fraction of sp³-hybridized carbons (Fsp3) is 0.250. The van der Waals surface area contributed by atoms with E-state index >= 15 is 0 Å². The second-order valence-electron chi connectivity index (χ2n) is 2.16. The zero-order valence-corrected chi connectivity index (χ0v) is 6.64. The van der Waals surface area contributed by atoms with Crippen LogP contribution in [0.5, 0.6) is 0 Å². The van der Waals surface area contributed by atoms with Gasteiger partial charge in [-0.2, -0.15) is 0 Å². The van der Waals surface area contributed by atoms with Crippen molar-refractivity contribution < 1.29 is 4.42 Å². The molecule has 0 aliphatic carbocycles. The molecule has 2 nitrogen and oxygen atoms in total. The Morgan fingerprint density at radius 3 is 2.91 bits per heavy atom. The van der Waals surface area contributed by atoms with E-state index in [1.165, 1.54) is 0 Å². The van der Waals surface area contributed by atoms with Gasteiger partial charge in [0.1, 0.15) is 5.76 Å². The lowest BCUT2D eigenvalue weighted by molar-refractivity contribution is 0.471. The van der Waals surface area contributed by atoms with E-state index in [9.17, 15) is 0 Å². The van der Waals surface area contributed by atoms with Gasteiger partial charge in [-0.05, 0) is 23.7 Å². The highest BCUT2D eigenvalue weighted by atomic mass is 35.5. The predicted octanol–water partition coefficient (Wildman–Crippen LogP) is 1.96. The van der Waals surface area contributed by atoms with Crippen LogP contribution in [0, 0.1) is 12.3 Å². The molecule has 1 heterocycles. The highest BCUT2D eigenvalue weighted by Gasteiger charge is 2.07. The molecule has 1 aromatic rings. The molecular weight excluding hydrogens is 162 g/mol. The number of hydrogen-bond donors (Lipinski definition) is 1. The van der Waals surface area contributed by atoms with E-state index in [2.05, 4.69) is 5.92 Å². The van der Waals surface area contributed by atoms with Crippen molar-refractivity contribution in [3.63, 3.8) is 0 Å². The third-order valence-corrected chi connectivity index (χ3v) is 1.50. The lowest BCUT2D eigenvalue weighted by Gasteiger charge is -2.01. The molecule has 1 rings (SSSR count). The first-order valence-corrected chi connectivity index (χ1v) is 3.56. The van der Waals surface area contributed by atoms with Gasteiger partial charge in [0.2, 0.25) is 0 Å². The minimum Gasteiger partial charge on any atom is -0.448 e. The van der Waals surface area contributed by atoms with E-state index in [0.29, 0.717) is 17.4 Å². The second kappa shape index (κ2) is 3.47. The highest BCUT2D eigenvalue weighted by molar-refractivity contribution is 6.28. The molecule has 1 atom stereocenters. The normalized spacial score (nSPS) is 12.5. The van der Waals surface area contributed by atoms with E-state index in [-0.39, 0.29) is 6.04 Å². The lowest BCUT2D eigenvalue weighted by Crippen LogP contribution is -2.07. The Morgan fingerprint density at radius 2 is 2.45 bits per heavy atom. The fourth-order valence-electron chi connectivity index (χ4n) is 0.755. The Labute approximate surface area is 70.3 Å². The molecule has 0 radical (unpaired) electrons. The Balaban J connectivity index is 2.70. The Hall–Kier alpha value is -0.910. The molecule has 3 heteroatoms. The van der Waals surface area contributed by atoms with Crippen molar-refractivity contribution in [3.05, 3.63) is 23.1 Å². The quantitative estimate of drug-likeness (QED) is 0.688. The maximum Gasteiger partial charge on any atom is 0.193 e. The molecule has 0 bridgehead atoms. The molecule has 11 heavy (non-hydrogen) atoms. The monoisotopic (exact) mass is 169 g/mol. The number of halogens is 1. The number of rotatable bonds is 2. The smallest absolute Gasteiger partial charge is 0.193 e. The highest BCUT2D eigenvalue weighted by Crippen LogP contribution is 2.19. The first kappa shape index (κ1) is 8.19. The topological polar surface area (TPSA) is 39.2 Å². The summed E-state index contributed by atoms with van der Waals surface area (Å²) in [5.74, 6) is 3.08. The molecule has 0 saturated carbocycles. The molecule has 1 aromatic heterocycles. The Kier molecular flexibility index (Phi) is 2.58. The fourth-order valence-corrected chi connectivity index (χ4v) is 0.907. The molecule has 0 aromatic carbocycles. The third-order valence-electron chi connectivity index (χ3n) is 1.30. The van der Waals surface area contributed by atoms with Gasteiger partial charge >= 0.3 is 0 Å². The summed E-state index contributed by atoms with van der Waals surface area (Å²) in [6.07, 6.45) is 5.53. The molecule has 0 aliphatic rings. The van der Waals surface area contributed by atoms with E-state index in [1.807, 2.05) is 0 Å². The molecule has 58 valence electrons. The second-order valence-corrected chi connectivity index (χ2v) is 2.53. The van der Waals surface area contributed by atoms with Crippen LogP contribution >= 0.6 is 11.6 Å². The van der Waals surface area contributed by atoms with Crippen LogP contribution in [0.25, 0.3) is 0 Å². The molecule has 0 spiro atoms. The summed E-state index contributed by atoms with van der Waals surface area (Å²) in [6, 6.07) is 3.13. The van der Waals surface area contributed by atoms with E-state index < -0.39 is 0 Å². The summed E-state index contributed by atoms with van der Waals surface area (Å²) in [5, 5.41) is 0.340. The molecule has 0 saturated heterocycles. The molecular formula is C8H8ClNO. The zero-order chi connectivity index (χ0) is 8.27. The third kappa shape index (κ3) is 2.01. The summed E-state index contributed by atoms with van der Waals surface area (Å²) in [4.78, 5) is 0. The van der Waals surface area contributed by atoms with Gasteiger partial charge in [0.15, 0.2) is 5.22 Å². The van der Waals surface area contributed by atoms with Crippen LogP contribution in [-0.2, 0) is 0 Å². The van der Waals surface area contributed by atoms with E-state index in [4.69, 9.17) is 28.2 Å². The van der Waals surface area contributed by atoms with Crippen molar-refractivity contribution in [2.45, 2.75) is 12.5 Å². The predicted molar refractivity (Wildman–Crippen MR) is 44.1 cm³/mol. The van der Waals surface area contributed by atoms with E-state index in [1.54, 1.807) is 12.1 Å². The summed E-state index contributed by atoms with van der Waals surface area (Å²) in [6.45, 7) is 0. The van der Waals surface area contributed by atoms with Crippen molar-refractivity contribution in [1.29, 1.82) is 0 Å². The van der Waals surface area contributed by atoms with Gasteiger partial charge in [-0.25, -0.2) is 0 Å². The zero-order valence-electron chi connectivity index (χ0n) is 5.88. The minimum atomic E-state index is -0.243. The SMILES string of the molecule is C#CCC(N)c1ccc(Cl)o1. The maximum absolute atomic E-state index is 5.62. The molecule has 0 amide bonds. The van der Waals surface area contributed by atoms with Crippen LogP contribution in [0.4, 0.5) is 0 Å². The lowest BCUT2D eigenvalue weighted by atomic mass is 10.2. The number of hydrogen-bond acceptors (Lipinski definition) is 2. The van der Waals surface area contributed by atoms with Crippen LogP contribution in [0.1, 0.15) is 18.2 Å². The average Bonchev–Trinajstić information content (AvgIpc) is 2.36. The van der Waals surface area contributed by atoms with Crippen molar-refractivity contribution >= 4 is 11.6 Å². The average molecular weight is 170 g/mol. The molecule has 2 N–H and O–H groups in total. The Morgan fingerprint density at radius 1 is 1.73 bits per heavy atom. The van der Waals surface area contributed by atoms with Crippen molar-refractivity contribution in [3.8, 4) is 12.3 Å². The van der Waals surface area contributed by atoms with Gasteiger partial charge < -0.3 is 10.2 Å². The van der Waals surface area contributed by atoms with Gasteiger partial charge in [0.25, 0.3) is 0 Å². The summed E-state index contributed by atoms with van der Waals surface area (Å²) < 4.78 is 5.04. The van der Waals surface area contributed by atoms with Gasteiger partial charge in [0.05, 0.1) is 6.04 Å². The van der Waals surface area contributed by atoms with Gasteiger partial charge in [0, 0.05) is 6.42 Å². The minimum absolute atomic E-state index is 0.243. The van der Waals surface area contributed by atoms with Crippen molar-refractivity contribution in [1.82, 2.24) is 0 Å². The standard InChI is InChI=1S/C8H8ClNO/c1-2-3-6(10)7-4-5-8(9)11-7/h1,4-6H,3,10H2. The van der Waals surface area contributed by atoms with Crippen LogP contribution < -0.4 is 5.73 Å². The summed E-state index contributed by atoms with van der Waals surface area (Å²) in [7, 11) is 0. The molecule has 0 fully saturated rings. The summed E-state index contributed by atoms with van der Waals surface area (Å²) >= 11 is 5.53. The van der Waals surface area contributed by atoms with Crippen LogP contribution in [-0.4, -0.2) is 0 Å². The van der Waals surface area contributed by atoms with Crippen LogP contribution in [0.15, 0.2) is 16.5 Å². The molecule has 1 unspecified atom stereocenters. The Bertz CT molecular complexity index is 274.